The van der Waals surface area contributed by atoms with Crippen LogP contribution in [0.3, 0.4) is 0 Å². The van der Waals surface area contributed by atoms with Gasteiger partial charge in [-0.1, -0.05) is 5.11 Å². The maximum absolute atomic E-state index is 13.1. The molecule has 1 rings (SSSR count). The number of hydrogen-bond acceptors (Lipinski definition) is 3. The van der Waals surface area contributed by atoms with E-state index in [9.17, 15) is 26.0 Å². The van der Waals surface area contributed by atoms with Crippen molar-refractivity contribution < 1.29 is 26.0 Å². The average molecular weight is 270 g/mol. The Morgan fingerprint density at radius 2 is 1.47 bits per heavy atom. The highest BCUT2D eigenvalue weighted by molar-refractivity contribution is 7.89. The van der Waals surface area contributed by atoms with Crippen LogP contribution < -0.4 is 5.14 Å². The largest absolute Gasteiger partial charge is 0.244 e. The quantitative estimate of drug-likeness (QED) is 0.291. The Labute approximate surface area is 91.3 Å². The smallest absolute Gasteiger partial charge is 0.224 e. The summed E-state index contributed by atoms with van der Waals surface area (Å²) >= 11 is 0. The van der Waals surface area contributed by atoms with Gasteiger partial charge >= 0.3 is 0 Å². The molecule has 0 unspecified atom stereocenters. The van der Waals surface area contributed by atoms with Crippen LogP contribution in [0.5, 0.6) is 0 Å². The lowest BCUT2D eigenvalue weighted by Gasteiger charge is -2.06. The first-order valence-corrected chi connectivity index (χ1v) is 5.20. The number of rotatable bonds is 2. The van der Waals surface area contributed by atoms with Gasteiger partial charge in [0.1, 0.15) is 5.69 Å². The Kier molecular flexibility index (Phi) is 3.27. The van der Waals surface area contributed by atoms with Crippen molar-refractivity contribution in [3.8, 4) is 0 Å². The van der Waals surface area contributed by atoms with Crippen LogP contribution in [-0.2, 0) is 10.0 Å². The molecule has 0 amide bonds. The fraction of sp³-hybridized carbons (Fsp3) is 0. The van der Waals surface area contributed by atoms with Gasteiger partial charge in [0, 0.05) is 4.91 Å². The maximum Gasteiger partial charge on any atom is 0.244 e. The lowest BCUT2D eigenvalue weighted by Crippen LogP contribution is -2.18. The second kappa shape index (κ2) is 4.20. The molecule has 92 valence electrons. The van der Waals surface area contributed by atoms with Crippen LogP contribution >= 0.6 is 0 Å². The minimum Gasteiger partial charge on any atom is -0.224 e. The standard InChI is InChI=1S/C6H2F4N4O2S/c7-1-3(9)6(17(12,15)16)4(10)2(8)5(1)13-14-11/h(H2,12,15,16). The number of nitrogens with zero attached hydrogens (tertiary/aromatic N) is 3. The average Bonchev–Trinajstić information content (AvgIpc) is 2.20. The third-order valence-corrected chi connectivity index (χ3v) is 2.56. The van der Waals surface area contributed by atoms with Crippen LogP contribution in [0, 0.1) is 23.3 Å². The number of hydrogen-bond donors (Lipinski definition) is 1. The Hall–Kier alpha value is -1.84. The van der Waals surface area contributed by atoms with E-state index in [0.29, 0.717) is 0 Å². The van der Waals surface area contributed by atoms with E-state index < -0.39 is 43.9 Å². The Balaban J connectivity index is 3.90. The summed E-state index contributed by atoms with van der Waals surface area (Å²) in [5, 5.41) is 6.74. The van der Waals surface area contributed by atoms with Crippen molar-refractivity contribution in [2.75, 3.05) is 0 Å². The highest BCUT2D eigenvalue weighted by atomic mass is 32.2. The zero-order valence-corrected chi connectivity index (χ0v) is 8.47. The third-order valence-electron chi connectivity index (χ3n) is 1.63. The van der Waals surface area contributed by atoms with Gasteiger partial charge in [0.15, 0.2) is 28.2 Å². The minimum atomic E-state index is -5.01. The van der Waals surface area contributed by atoms with Gasteiger partial charge in [-0.25, -0.2) is 31.1 Å². The minimum absolute atomic E-state index is 1.62. The lowest BCUT2D eigenvalue weighted by molar-refractivity contribution is 0.422. The predicted molar refractivity (Wildman–Crippen MR) is 46.5 cm³/mol. The molecule has 2 N–H and O–H groups in total. The van der Waals surface area contributed by atoms with Crippen molar-refractivity contribution in [3.63, 3.8) is 0 Å². The van der Waals surface area contributed by atoms with Crippen LogP contribution in [0.1, 0.15) is 0 Å². The summed E-state index contributed by atoms with van der Waals surface area (Å²) < 4.78 is 73.7. The SMILES string of the molecule is [N-]=[N+]=Nc1c(F)c(F)c(S(N)(=O)=O)c(F)c1F. The molecular formula is C6H2F4N4O2S. The van der Waals surface area contributed by atoms with Gasteiger partial charge in [0.2, 0.25) is 10.0 Å². The topological polar surface area (TPSA) is 109 Å². The monoisotopic (exact) mass is 270 g/mol. The van der Waals surface area contributed by atoms with Gasteiger partial charge in [0.05, 0.1) is 0 Å². The van der Waals surface area contributed by atoms with Gasteiger partial charge in [-0.2, -0.15) is 0 Å². The Morgan fingerprint density at radius 1 is 1.06 bits per heavy atom. The Bertz CT molecular complexity index is 609. The molecule has 6 nitrogen and oxygen atoms in total. The van der Waals surface area contributed by atoms with E-state index in [-0.39, 0.29) is 0 Å². The molecule has 0 aliphatic rings. The summed E-state index contributed by atoms with van der Waals surface area (Å²) in [5.74, 6) is -8.81. The van der Waals surface area contributed by atoms with Crippen molar-refractivity contribution in [2.24, 2.45) is 10.3 Å². The third kappa shape index (κ3) is 2.16. The number of azide groups is 1. The fourth-order valence-corrected chi connectivity index (χ4v) is 1.66. The number of benzene rings is 1. The van der Waals surface area contributed by atoms with E-state index >= 15 is 0 Å². The molecule has 0 saturated carbocycles. The molecule has 11 heteroatoms. The number of halogens is 4. The molecule has 0 aliphatic heterocycles. The molecule has 0 bridgehead atoms. The molecule has 0 aliphatic carbocycles. The molecule has 0 radical (unpaired) electrons. The predicted octanol–water partition coefficient (Wildman–Crippen LogP) is 1.83. The van der Waals surface area contributed by atoms with Gasteiger partial charge in [-0.3, -0.25) is 0 Å². The summed E-state index contributed by atoms with van der Waals surface area (Å²) in [7, 11) is -5.01. The van der Waals surface area contributed by atoms with Crippen molar-refractivity contribution in [2.45, 2.75) is 4.90 Å². The fourth-order valence-electron chi connectivity index (χ4n) is 0.982. The molecule has 1 aromatic rings. The van der Waals surface area contributed by atoms with Crippen molar-refractivity contribution >= 4 is 15.7 Å². The lowest BCUT2D eigenvalue weighted by atomic mass is 10.2. The highest BCUT2D eigenvalue weighted by Crippen LogP contribution is 2.32. The van der Waals surface area contributed by atoms with Crippen LogP contribution in [-0.4, -0.2) is 8.42 Å². The molecule has 0 saturated heterocycles. The summed E-state index contributed by atoms with van der Waals surface area (Å²) in [6, 6.07) is 0. The van der Waals surface area contributed by atoms with Crippen molar-refractivity contribution in [3.05, 3.63) is 33.7 Å². The molecule has 17 heavy (non-hydrogen) atoms. The van der Waals surface area contributed by atoms with Crippen LogP contribution in [0.25, 0.3) is 10.4 Å². The van der Waals surface area contributed by atoms with E-state index in [1.54, 1.807) is 0 Å². The normalized spacial score (nSPS) is 11.1. The molecule has 0 aromatic heterocycles. The highest BCUT2D eigenvalue weighted by Gasteiger charge is 2.30. The molecule has 1 aromatic carbocycles. The van der Waals surface area contributed by atoms with E-state index in [1.807, 2.05) is 4.91 Å². The van der Waals surface area contributed by atoms with E-state index in [4.69, 9.17) is 5.53 Å². The van der Waals surface area contributed by atoms with E-state index in [0.717, 1.165) is 0 Å². The van der Waals surface area contributed by atoms with E-state index in [1.165, 1.54) is 0 Å². The van der Waals surface area contributed by atoms with Gasteiger partial charge in [0.25, 0.3) is 0 Å². The van der Waals surface area contributed by atoms with Crippen LogP contribution in [0.2, 0.25) is 0 Å². The molecule has 0 heterocycles. The second-order valence-electron chi connectivity index (χ2n) is 2.67. The van der Waals surface area contributed by atoms with Gasteiger partial charge in [-0.05, 0) is 5.53 Å². The van der Waals surface area contributed by atoms with Crippen LogP contribution in [0.4, 0.5) is 23.2 Å². The van der Waals surface area contributed by atoms with Gasteiger partial charge < -0.3 is 0 Å². The zero-order valence-electron chi connectivity index (χ0n) is 7.66. The molecular weight excluding hydrogens is 268 g/mol. The number of nitrogens with two attached hydrogens (primary N) is 1. The first kappa shape index (κ1) is 13.2. The summed E-state index contributed by atoms with van der Waals surface area (Å²) in [6.07, 6.45) is 0. The van der Waals surface area contributed by atoms with E-state index in [2.05, 4.69) is 10.3 Å². The molecule has 0 fully saturated rings. The van der Waals surface area contributed by atoms with Crippen LogP contribution in [0.15, 0.2) is 10.0 Å². The first-order valence-electron chi connectivity index (χ1n) is 3.65. The number of sulfonamides is 1. The summed E-state index contributed by atoms with van der Waals surface area (Å²) in [4.78, 5) is -0.0355. The van der Waals surface area contributed by atoms with Gasteiger partial charge in [-0.15, -0.1) is 0 Å². The summed E-state index contributed by atoms with van der Waals surface area (Å²) in [5.41, 5.74) is 6.30. The number of primary sulfonamides is 1. The van der Waals surface area contributed by atoms with Crippen molar-refractivity contribution in [1.82, 2.24) is 0 Å². The zero-order chi connectivity index (χ0) is 13.4. The second-order valence-corrected chi connectivity index (χ2v) is 4.17. The first-order chi connectivity index (χ1) is 7.71. The summed E-state index contributed by atoms with van der Waals surface area (Å²) in [6.45, 7) is 0. The van der Waals surface area contributed by atoms with Crippen molar-refractivity contribution in [1.29, 1.82) is 0 Å². The molecule has 0 spiro atoms. The molecule has 0 atom stereocenters. The Morgan fingerprint density at radius 3 is 1.76 bits per heavy atom. The maximum atomic E-state index is 13.1.